The summed E-state index contributed by atoms with van der Waals surface area (Å²) in [6, 6.07) is 3.48. The number of aromatic nitrogens is 2. The molecule has 218 valence electrons. The Kier molecular flexibility index (Phi) is 7.02. The molecular formula is C25H20N4O10S3. The first-order chi connectivity index (χ1) is 20.0. The van der Waals surface area contributed by atoms with Crippen LogP contribution >= 0.6 is 35.7 Å². The van der Waals surface area contributed by atoms with Gasteiger partial charge in [-0.3, -0.25) is 33.4 Å². The number of carboxylic acid groups (broad SMARTS) is 3. The van der Waals surface area contributed by atoms with Gasteiger partial charge in [-0.05, 0) is 30.4 Å². The number of thioether (sulfide) groups is 2. The Morgan fingerprint density at radius 2 is 1.62 bits per heavy atom. The molecule has 0 bridgehead atoms. The van der Waals surface area contributed by atoms with E-state index in [2.05, 4.69) is 4.98 Å². The van der Waals surface area contributed by atoms with Crippen LogP contribution in [0, 0.1) is 5.92 Å². The fourth-order valence-electron chi connectivity index (χ4n) is 4.76. The first kappa shape index (κ1) is 27.9. The maximum Gasteiger partial charge on any atom is 0.323 e. The molecule has 4 aliphatic rings. The van der Waals surface area contributed by atoms with Crippen LogP contribution in [0.15, 0.2) is 32.4 Å². The van der Waals surface area contributed by atoms with Crippen LogP contribution in [-0.2, 0) is 25.7 Å². The van der Waals surface area contributed by atoms with Gasteiger partial charge in [0.25, 0.3) is 11.5 Å². The number of allylic oxidation sites excluding steroid dienone is 1. The number of anilines is 1. The van der Waals surface area contributed by atoms with Gasteiger partial charge in [0.1, 0.15) is 39.7 Å². The van der Waals surface area contributed by atoms with Gasteiger partial charge in [0.05, 0.1) is 10.7 Å². The van der Waals surface area contributed by atoms with Crippen LogP contribution < -0.4 is 30.8 Å². The molecule has 3 aliphatic heterocycles. The zero-order valence-electron chi connectivity index (χ0n) is 21.3. The monoisotopic (exact) mass is 632 g/mol. The van der Waals surface area contributed by atoms with Crippen molar-refractivity contribution < 1.29 is 44.0 Å². The van der Waals surface area contributed by atoms with E-state index in [1.807, 2.05) is 0 Å². The van der Waals surface area contributed by atoms with Crippen molar-refractivity contribution in [3.63, 3.8) is 0 Å². The van der Waals surface area contributed by atoms with E-state index in [1.165, 1.54) is 11.8 Å². The van der Waals surface area contributed by atoms with Crippen molar-refractivity contribution in [3.05, 3.63) is 43.9 Å². The van der Waals surface area contributed by atoms with Gasteiger partial charge < -0.3 is 34.7 Å². The smallest absolute Gasteiger partial charge is 0.323 e. The Labute approximate surface area is 248 Å². The van der Waals surface area contributed by atoms with Crippen LogP contribution in [-0.4, -0.2) is 77.8 Å². The number of thiocarbonyl (C=S) groups is 1. The summed E-state index contributed by atoms with van der Waals surface area (Å²) >= 11 is 7.24. The lowest BCUT2D eigenvalue weighted by molar-refractivity contribution is -0.140. The molecule has 0 atom stereocenters. The summed E-state index contributed by atoms with van der Waals surface area (Å²) in [4.78, 5) is 67.3. The number of ether oxygens (including phenoxy) is 2. The molecule has 2 fully saturated rings. The van der Waals surface area contributed by atoms with Crippen molar-refractivity contribution in [3.8, 4) is 11.5 Å². The predicted molar refractivity (Wildman–Crippen MR) is 153 cm³/mol. The fraction of sp³-hybridized carbons (Fsp3) is 0.280. The number of aromatic amines is 1. The van der Waals surface area contributed by atoms with Crippen molar-refractivity contribution in [2.75, 3.05) is 24.8 Å². The highest BCUT2D eigenvalue weighted by Crippen LogP contribution is 2.54. The van der Waals surface area contributed by atoms with E-state index in [-0.39, 0.29) is 39.3 Å². The number of carbonyl (C=O) groups excluding carboxylic acids is 1. The average Bonchev–Trinajstić information content (AvgIpc) is 3.35. The van der Waals surface area contributed by atoms with Gasteiger partial charge in [-0.1, -0.05) is 35.7 Å². The quantitative estimate of drug-likeness (QED) is 0.287. The second-order valence-electron chi connectivity index (χ2n) is 9.59. The van der Waals surface area contributed by atoms with Crippen LogP contribution in [0.2, 0.25) is 0 Å². The molecule has 1 aromatic carbocycles. The van der Waals surface area contributed by atoms with Gasteiger partial charge >= 0.3 is 17.9 Å². The van der Waals surface area contributed by atoms with Crippen molar-refractivity contribution >= 4 is 80.5 Å². The number of aliphatic carboxylic acids is 3. The number of imidazole rings is 1. The van der Waals surface area contributed by atoms with Crippen LogP contribution in [0.4, 0.5) is 5.69 Å². The van der Waals surface area contributed by atoms with Crippen molar-refractivity contribution in [1.82, 2.24) is 14.5 Å². The standard InChI is InChI=1S/C25H20N4O10S3/c30-17(31)6-27-13-4-14-15(39-9-38-14)5-16(13)41-24(27)11(10-1-2-10)3-12-22(36)28(7-18(32)33)21(26-12)20-23(37)29(8-19(34)35)25(40)42-20/h3-5,10,26H,1-2,6-9H2,(H,30,31)(H,32,33)(H,34,35)/b12-3+,21-20+,24-11+. The zero-order chi connectivity index (χ0) is 29.9. The highest BCUT2D eigenvalue weighted by Gasteiger charge is 2.38. The lowest BCUT2D eigenvalue weighted by Crippen LogP contribution is -2.37. The second kappa shape index (κ2) is 10.6. The lowest BCUT2D eigenvalue weighted by Gasteiger charge is -2.20. The van der Waals surface area contributed by atoms with E-state index in [4.69, 9.17) is 26.8 Å². The third kappa shape index (κ3) is 5.03. The molecule has 1 saturated carbocycles. The van der Waals surface area contributed by atoms with Crippen LogP contribution in [0.5, 0.6) is 11.5 Å². The number of hydrogen-bond donors (Lipinski definition) is 4. The van der Waals surface area contributed by atoms with Gasteiger partial charge in [-0.15, -0.1) is 0 Å². The SMILES string of the molecule is O=C(O)CN1C(=O)/C(=c2/[nH]/c(=C/C(=C3\Sc4cc5c(cc4N3CC(=O)O)OCO5)C3CC3)c(=O)n2CC(=O)O)SC1=S. The number of nitrogens with zero attached hydrogens (tertiary/aromatic N) is 3. The molecule has 1 aromatic heterocycles. The molecule has 4 N–H and O–H groups in total. The third-order valence-electron chi connectivity index (χ3n) is 6.70. The Morgan fingerprint density at radius 3 is 2.26 bits per heavy atom. The van der Waals surface area contributed by atoms with Gasteiger partial charge in [0, 0.05) is 17.0 Å². The molecule has 14 nitrogen and oxygen atoms in total. The maximum atomic E-state index is 13.5. The molecule has 0 unspecified atom stereocenters. The van der Waals surface area contributed by atoms with Gasteiger partial charge in [0.2, 0.25) is 6.79 Å². The topological polar surface area (TPSA) is 192 Å². The van der Waals surface area contributed by atoms with E-state index in [0.717, 1.165) is 39.0 Å². The molecule has 0 radical (unpaired) electrons. The molecule has 4 heterocycles. The number of amides is 1. The Bertz CT molecular complexity index is 1820. The molecule has 1 saturated heterocycles. The molecule has 0 spiro atoms. The largest absolute Gasteiger partial charge is 0.480 e. The first-order valence-electron chi connectivity index (χ1n) is 12.4. The number of carboxylic acids is 3. The van der Waals surface area contributed by atoms with E-state index in [9.17, 15) is 34.2 Å². The molecule has 2 aromatic rings. The zero-order valence-corrected chi connectivity index (χ0v) is 23.8. The van der Waals surface area contributed by atoms with Crippen molar-refractivity contribution in [1.29, 1.82) is 0 Å². The second-order valence-corrected chi connectivity index (χ2v) is 12.3. The minimum atomic E-state index is -1.34. The average molecular weight is 633 g/mol. The van der Waals surface area contributed by atoms with Crippen LogP contribution in [0.3, 0.4) is 0 Å². The van der Waals surface area contributed by atoms with Crippen LogP contribution in [0.1, 0.15) is 12.8 Å². The molecule has 17 heteroatoms. The number of H-pyrrole nitrogens is 1. The molecule has 1 aliphatic carbocycles. The Hall–Kier alpha value is -4.22. The number of fused-ring (bicyclic) bond motifs is 2. The first-order valence-corrected chi connectivity index (χ1v) is 14.4. The summed E-state index contributed by atoms with van der Waals surface area (Å²) in [5.41, 5.74) is 0.444. The van der Waals surface area contributed by atoms with E-state index < -0.39 is 42.5 Å². The van der Waals surface area contributed by atoms with Gasteiger partial charge in [0.15, 0.2) is 11.5 Å². The summed E-state index contributed by atoms with van der Waals surface area (Å²) in [6.45, 7) is -1.76. The summed E-state index contributed by atoms with van der Waals surface area (Å²) in [5.74, 6) is -3.45. The Balaban J connectivity index is 1.53. The fourth-order valence-corrected chi connectivity index (χ4v) is 7.31. The third-order valence-corrected chi connectivity index (χ3v) is 9.34. The number of benzene rings is 1. The van der Waals surface area contributed by atoms with Crippen molar-refractivity contribution in [2.24, 2.45) is 5.92 Å². The van der Waals surface area contributed by atoms with E-state index >= 15 is 0 Å². The Morgan fingerprint density at radius 1 is 0.976 bits per heavy atom. The van der Waals surface area contributed by atoms with Gasteiger partial charge in [-0.2, -0.15) is 0 Å². The summed E-state index contributed by atoms with van der Waals surface area (Å²) < 4.78 is 11.8. The number of rotatable bonds is 8. The molecular weight excluding hydrogens is 612 g/mol. The normalized spacial score (nSPS) is 20.4. The van der Waals surface area contributed by atoms with Crippen LogP contribution in [0.25, 0.3) is 11.0 Å². The lowest BCUT2D eigenvalue weighted by atomic mass is 10.1. The number of nitrogens with one attached hydrogen (secondary N) is 1. The molecule has 6 rings (SSSR count). The van der Waals surface area contributed by atoms with Gasteiger partial charge in [-0.25, -0.2) is 0 Å². The highest BCUT2D eigenvalue weighted by molar-refractivity contribution is 8.30. The minimum absolute atomic E-state index is 0.00491. The highest BCUT2D eigenvalue weighted by atomic mass is 32.2. The van der Waals surface area contributed by atoms with E-state index in [1.54, 1.807) is 23.1 Å². The molecule has 42 heavy (non-hydrogen) atoms. The van der Waals surface area contributed by atoms with E-state index in [0.29, 0.717) is 27.8 Å². The maximum absolute atomic E-state index is 13.5. The summed E-state index contributed by atoms with van der Waals surface area (Å²) in [6.07, 6.45) is 3.14. The predicted octanol–water partition coefficient (Wildman–Crippen LogP) is 0.142. The van der Waals surface area contributed by atoms with Crippen molar-refractivity contribution in [2.45, 2.75) is 24.3 Å². The molecule has 1 amide bonds. The summed E-state index contributed by atoms with van der Waals surface area (Å²) in [7, 11) is 0. The minimum Gasteiger partial charge on any atom is -0.480 e. The number of carbonyl (C=O) groups is 4. The number of hydrogen-bond acceptors (Lipinski definition) is 11. The summed E-state index contributed by atoms with van der Waals surface area (Å²) in [5, 5.41) is 28.9.